The van der Waals surface area contributed by atoms with Crippen LogP contribution in [0.15, 0.2) is 59.5 Å². The Labute approximate surface area is 252 Å². The summed E-state index contributed by atoms with van der Waals surface area (Å²) in [6.45, 7) is 1.96. The van der Waals surface area contributed by atoms with E-state index in [2.05, 4.69) is 25.9 Å². The number of benzene rings is 2. The van der Waals surface area contributed by atoms with Gasteiger partial charge in [-0.2, -0.15) is 0 Å². The quantitative estimate of drug-likeness (QED) is 0.229. The molecule has 1 aliphatic rings. The van der Waals surface area contributed by atoms with Crippen LogP contribution in [-0.2, 0) is 21.5 Å². The Bertz CT molecular complexity index is 1560. The van der Waals surface area contributed by atoms with E-state index in [1.165, 1.54) is 26.0 Å². The van der Waals surface area contributed by atoms with Gasteiger partial charge < -0.3 is 35.4 Å². The molecule has 0 aliphatic carbocycles. The van der Waals surface area contributed by atoms with Gasteiger partial charge in [0.05, 0.1) is 19.8 Å². The first-order valence-electron chi connectivity index (χ1n) is 13.8. The highest BCUT2D eigenvalue weighted by Gasteiger charge is 2.38. The molecule has 1 aliphatic heterocycles. The van der Waals surface area contributed by atoms with Crippen molar-refractivity contribution in [2.45, 2.75) is 37.8 Å². The summed E-state index contributed by atoms with van der Waals surface area (Å²) in [5.74, 6) is -1.88. The van der Waals surface area contributed by atoms with Crippen molar-refractivity contribution in [3.63, 3.8) is 0 Å². The number of anilines is 1. The van der Waals surface area contributed by atoms with Gasteiger partial charge >= 0.3 is 17.7 Å². The molecule has 4 amide bonds. The first-order chi connectivity index (χ1) is 21.1. The topological polar surface area (TPSA) is 192 Å². The smallest absolute Gasteiger partial charge is 0.346 e. The number of carbonyl (C=O) groups excluding carboxylic acids is 3. The predicted octanol–water partition coefficient (Wildman–Crippen LogP) is 1.87. The van der Waals surface area contributed by atoms with Crippen LogP contribution in [0.25, 0.3) is 0 Å². The molecule has 14 nitrogen and oxygen atoms in total. The zero-order valence-electron chi connectivity index (χ0n) is 24.5. The molecule has 0 spiro atoms. The van der Waals surface area contributed by atoms with E-state index in [-0.39, 0.29) is 53.9 Å². The molecule has 1 atom stereocenters. The van der Waals surface area contributed by atoms with Crippen molar-refractivity contribution in [2.75, 3.05) is 32.6 Å². The third-order valence-electron chi connectivity index (χ3n) is 7.45. The van der Waals surface area contributed by atoms with Crippen LogP contribution in [-0.4, -0.2) is 77.1 Å². The summed E-state index contributed by atoms with van der Waals surface area (Å²) in [5, 5.41) is 18.1. The Morgan fingerprint density at radius 3 is 2.23 bits per heavy atom. The van der Waals surface area contributed by atoms with Crippen molar-refractivity contribution in [1.82, 2.24) is 25.5 Å². The van der Waals surface area contributed by atoms with Gasteiger partial charge in [-0.3, -0.25) is 14.6 Å². The second-order valence-electron chi connectivity index (χ2n) is 10.2. The Morgan fingerprint density at radius 2 is 1.66 bits per heavy atom. The van der Waals surface area contributed by atoms with Crippen LogP contribution in [0.1, 0.15) is 41.3 Å². The minimum absolute atomic E-state index is 0.0557. The van der Waals surface area contributed by atoms with E-state index in [1.54, 1.807) is 18.2 Å². The minimum atomic E-state index is -1.43. The summed E-state index contributed by atoms with van der Waals surface area (Å²) in [4.78, 5) is 70.3. The maximum Gasteiger partial charge on any atom is 0.346 e. The number of aromatic amines is 1. The van der Waals surface area contributed by atoms with Gasteiger partial charge in [0.15, 0.2) is 0 Å². The highest BCUT2D eigenvalue weighted by molar-refractivity contribution is 6.08. The summed E-state index contributed by atoms with van der Waals surface area (Å²) >= 11 is 0. The number of H-pyrrole nitrogens is 1. The number of methoxy groups -OCH3 is 2. The van der Waals surface area contributed by atoms with Crippen molar-refractivity contribution in [2.24, 2.45) is 0 Å². The molecule has 14 heteroatoms. The number of likely N-dealkylation sites (tertiary alicyclic amines) is 1. The minimum Gasteiger partial charge on any atom is -0.496 e. The number of nitrogens with zero attached hydrogens (tertiary/aromatic N) is 2. The van der Waals surface area contributed by atoms with E-state index in [0.717, 1.165) is 11.8 Å². The second kappa shape index (κ2) is 13.7. The number of amides is 4. The van der Waals surface area contributed by atoms with Gasteiger partial charge in [0.25, 0.3) is 5.91 Å². The molecule has 1 fully saturated rings. The van der Waals surface area contributed by atoms with Crippen LogP contribution in [0, 0.1) is 0 Å². The molecule has 1 unspecified atom stereocenters. The number of hydrogen-bond donors (Lipinski definition) is 5. The van der Waals surface area contributed by atoms with E-state index >= 15 is 0 Å². The SMILES string of the molecule is COc1cccc(OC)c1C(=O)Nc1[nH]c(=O)ncc1CC(NC(=O)N1CCC(NC(C)=O)(c2ccccc2)CC1)C(=O)O. The van der Waals surface area contributed by atoms with E-state index in [4.69, 9.17) is 9.47 Å². The maximum atomic E-state index is 13.2. The monoisotopic (exact) mass is 606 g/mol. The second-order valence-corrected chi connectivity index (χ2v) is 10.2. The van der Waals surface area contributed by atoms with Crippen LogP contribution in [0.3, 0.4) is 0 Å². The summed E-state index contributed by atoms with van der Waals surface area (Å²) in [6, 6.07) is 12.2. The van der Waals surface area contributed by atoms with Gasteiger partial charge in [0, 0.05) is 38.2 Å². The number of carboxylic acid groups (broad SMARTS) is 1. The Kier molecular flexibility index (Phi) is 9.83. The zero-order valence-corrected chi connectivity index (χ0v) is 24.5. The van der Waals surface area contributed by atoms with E-state index in [9.17, 15) is 29.1 Å². The van der Waals surface area contributed by atoms with Crippen molar-refractivity contribution in [1.29, 1.82) is 0 Å². The number of nitrogens with one attached hydrogen (secondary N) is 4. The normalized spacial score (nSPS) is 14.6. The number of rotatable bonds is 10. The van der Waals surface area contributed by atoms with Crippen LogP contribution in [0.5, 0.6) is 11.5 Å². The third-order valence-corrected chi connectivity index (χ3v) is 7.45. The molecular formula is C30H34N6O8. The van der Waals surface area contributed by atoms with Gasteiger partial charge in [-0.1, -0.05) is 36.4 Å². The van der Waals surface area contributed by atoms with Crippen molar-refractivity contribution < 1.29 is 33.8 Å². The van der Waals surface area contributed by atoms with Crippen molar-refractivity contribution >= 4 is 29.6 Å². The molecule has 3 aromatic rings. The molecule has 2 aromatic carbocycles. The van der Waals surface area contributed by atoms with Gasteiger partial charge in [-0.15, -0.1) is 0 Å². The lowest BCUT2D eigenvalue weighted by molar-refractivity contribution is -0.139. The fourth-order valence-corrected chi connectivity index (χ4v) is 5.27. The molecular weight excluding hydrogens is 572 g/mol. The highest BCUT2D eigenvalue weighted by Crippen LogP contribution is 2.33. The molecule has 5 N–H and O–H groups in total. The first kappa shape index (κ1) is 31.5. The van der Waals surface area contributed by atoms with Gasteiger partial charge in [-0.25, -0.2) is 19.4 Å². The van der Waals surface area contributed by atoms with E-state index in [0.29, 0.717) is 12.8 Å². The van der Waals surface area contributed by atoms with Gasteiger partial charge in [-0.05, 0) is 30.5 Å². The fraction of sp³-hybridized carbons (Fsp3) is 0.333. The van der Waals surface area contributed by atoms with Crippen LogP contribution < -0.4 is 31.1 Å². The highest BCUT2D eigenvalue weighted by atomic mass is 16.5. The summed E-state index contributed by atoms with van der Waals surface area (Å²) in [7, 11) is 2.77. The van der Waals surface area contributed by atoms with Gasteiger partial charge in [0.2, 0.25) is 5.91 Å². The fourth-order valence-electron chi connectivity index (χ4n) is 5.27. The zero-order chi connectivity index (χ0) is 31.9. The number of hydrogen-bond acceptors (Lipinski definition) is 8. The van der Waals surface area contributed by atoms with Gasteiger partial charge in [0.1, 0.15) is 28.9 Å². The Morgan fingerprint density at radius 1 is 1.02 bits per heavy atom. The number of carboxylic acids is 1. The lowest BCUT2D eigenvalue weighted by atomic mass is 9.81. The van der Waals surface area contributed by atoms with Crippen LogP contribution in [0.2, 0.25) is 0 Å². The molecule has 0 bridgehead atoms. The molecule has 1 saturated heterocycles. The van der Waals surface area contributed by atoms with E-state index in [1.807, 2.05) is 30.3 Å². The third kappa shape index (κ3) is 7.14. The first-order valence-corrected chi connectivity index (χ1v) is 13.8. The maximum absolute atomic E-state index is 13.2. The summed E-state index contributed by atoms with van der Waals surface area (Å²) in [6.07, 6.45) is 1.68. The number of aliphatic carboxylic acids is 1. The lowest BCUT2D eigenvalue weighted by Crippen LogP contribution is -2.56. The average Bonchev–Trinajstić information content (AvgIpc) is 3.01. The average molecular weight is 607 g/mol. The molecule has 1 aromatic heterocycles. The summed E-state index contributed by atoms with van der Waals surface area (Å²) in [5.41, 5.74) is -0.299. The Balaban J connectivity index is 1.49. The molecule has 44 heavy (non-hydrogen) atoms. The standard InChI is InChI=1S/C30H34N6O8/c1-18(37)35-30(20-8-5-4-6-9-20)12-14-36(15-13-30)29(42)32-21(27(39)40)16-19-17-31-28(41)34-25(19)33-26(38)24-22(43-2)10-7-11-23(24)44-3/h4-11,17,21H,12-16H2,1-3H3,(H,32,42)(H,35,37)(H,39,40)(H2,31,33,34,38,41). The van der Waals surface area contributed by atoms with Crippen molar-refractivity contribution in [3.8, 4) is 11.5 Å². The molecule has 0 radical (unpaired) electrons. The Hall–Kier alpha value is -5.40. The van der Waals surface area contributed by atoms with E-state index < -0.39 is 35.2 Å². The number of aromatic nitrogens is 2. The summed E-state index contributed by atoms with van der Waals surface area (Å²) < 4.78 is 10.6. The largest absolute Gasteiger partial charge is 0.496 e. The number of piperidine rings is 1. The molecule has 232 valence electrons. The molecule has 4 rings (SSSR count). The van der Waals surface area contributed by atoms with Crippen LogP contribution in [0.4, 0.5) is 10.6 Å². The lowest BCUT2D eigenvalue weighted by Gasteiger charge is -2.42. The number of carbonyl (C=O) groups is 4. The van der Waals surface area contributed by atoms with Crippen molar-refractivity contribution in [3.05, 3.63) is 81.9 Å². The molecule has 2 heterocycles. The predicted molar refractivity (Wildman–Crippen MR) is 159 cm³/mol. The number of urea groups is 1. The molecule has 0 saturated carbocycles. The van der Waals surface area contributed by atoms with Crippen LogP contribution >= 0.6 is 0 Å². The number of ether oxygens (including phenoxy) is 2.